The lowest BCUT2D eigenvalue weighted by atomic mass is 10.0. The molecule has 3 aliphatic rings. The number of carbonyl (C=O) groups is 4. The average Bonchev–Trinajstić information content (AvgIpc) is 2.93. The van der Waals surface area contributed by atoms with Gasteiger partial charge in [-0.3, -0.25) is 19.2 Å². The number of benzene rings is 2. The van der Waals surface area contributed by atoms with E-state index in [1.807, 2.05) is 0 Å². The van der Waals surface area contributed by atoms with E-state index in [4.69, 9.17) is 9.47 Å². The summed E-state index contributed by atoms with van der Waals surface area (Å²) in [4.78, 5) is 52.6. The molecule has 11 heteroatoms. The fourth-order valence-corrected chi connectivity index (χ4v) is 4.60. The Morgan fingerprint density at radius 1 is 0.950 bits per heavy atom. The van der Waals surface area contributed by atoms with Crippen LogP contribution in [0.4, 0.5) is 0 Å². The molecule has 214 valence electrons. The molecule has 4 amide bonds. The molecular weight excluding hydrogens is 516 g/mol. The Kier molecular flexibility index (Phi) is 9.26. The first-order chi connectivity index (χ1) is 19.1. The fourth-order valence-electron chi connectivity index (χ4n) is 4.60. The van der Waals surface area contributed by atoms with Crippen molar-refractivity contribution < 1.29 is 33.8 Å². The summed E-state index contributed by atoms with van der Waals surface area (Å²) in [5.41, 5.74) is 0.723. The van der Waals surface area contributed by atoms with Crippen LogP contribution in [0.1, 0.15) is 49.5 Å². The van der Waals surface area contributed by atoms with Crippen LogP contribution in [0.25, 0.3) is 0 Å². The number of ether oxygens (including phenoxy) is 2. The van der Waals surface area contributed by atoms with Crippen molar-refractivity contribution in [1.82, 2.24) is 21.3 Å². The highest BCUT2D eigenvalue weighted by molar-refractivity contribution is 6.00. The van der Waals surface area contributed by atoms with Crippen LogP contribution in [-0.4, -0.2) is 66.1 Å². The maximum absolute atomic E-state index is 13.3. The molecule has 2 aromatic carbocycles. The largest absolute Gasteiger partial charge is 0.507 e. The lowest BCUT2D eigenvalue weighted by Crippen LogP contribution is -2.57. The zero-order valence-electron chi connectivity index (χ0n) is 22.9. The molecular formula is C29H36N4O7. The Hall–Kier alpha value is -4.12. The third kappa shape index (κ3) is 7.29. The molecule has 0 saturated carbocycles. The third-order valence-corrected chi connectivity index (χ3v) is 7.00. The predicted molar refractivity (Wildman–Crippen MR) is 146 cm³/mol. The molecule has 40 heavy (non-hydrogen) atoms. The van der Waals surface area contributed by atoms with Crippen LogP contribution in [-0.2, 0) is 25.5 Å². The highest BCUT2D eigenvalue weighted by Gasteiger charge is 2.31. The topological polar surface area (TPSA) is 155 Å². The summed E-state index contributed by atoms with van der Waals surface area (Å²) in [5, 5.41) is 21.4. The second-order valence-corrected chi connectivity index (χ2v) is 10.5. The number of phenols is 1. The van der Waals surface area contributed by atoms with E-state index in [2.05, 4.69) is 21.3 Å². The van der Waals surface area contributed by atoms with E-state index in [-0.39, 0.29) is 35.6 Å². The van der Waals surface area contributed by atoms with E-state index in [0.717, 1.165) is 5.56 Å². The van der Waals surface area contributed by atoms with Crippen LogP contribution in [0, 0.1) is 5.92 Å². The molecule has 5 rings (SSSR count). The van der Waals surface area contributed by atoms with Crippen molar-refractivity contribution in [3.05, 3.63) is 53.6 Å². The molecule has 11 nitrogen and oxygen atoms in total. The molecule has 0 aliphatic carbocycles. The minimum atomic E-state index is -0.995. The maximum Gasteiger partial charge on any atom is 0.255 e. The monoisotopic (exact) mass is 552 g/mol. The summed E-state index contributed by atoms with van der Waals surface area (Å²) in [6.45, 7) is 6.13. The van der Waals surface area contributed by atoms with Crippen molar-refractivity contribution in [3.8, 4) is 17.2 Å². The summed E-state index contributed by atoms with van der Waals surface area (Å²) in [6, 6.07) is 8.34. The molecule has 2 aromatic rings. The van der Waals surface area contributed by atoms with Gasteiger partial charge < -0.3 is 35.8 Å². The molecule has 0 radical (unpaired) electrons. The van der Waals surface area contributed by atoms with Crippen molar-refractivity contribution in [2.24, 2.45) is 5.92 Å². The molecule has 4 bridgehead atoms. The van der Waals surface area contributed by atoms with Gasteiger partial charge in [-0.1, -0.05) is 26.0 Å². The first-order valence-electron chi connectivity index (χ1n) is 13.5. The van der Waals surface area contributed by atoms with Crippen LogP contribution in [0.5, 0.6) is 17.2 Å². The van der Waals surface area contributed by atoms with Gasteiger partial charge in [0.05, 0.1) is 5.56 Å². The van der Waals surface area contributed by atoms with Gasteiger partial charge in [0.1, 0.15) is 35.4 Å². The van der Waals surface area contributed by atoms with E-state index >= 15 is 0 Å². The van der Waals surface area contributed by atoms with Gasteiger partial charge in [-0.2, -0.15) is 0 Å². The number of phenolic OH excluding ortho intramolecular Hbond substituents is 1. The van der Waals surface area contributed by atoms with E-state index in [0.29, 0.717) is 37.6 Å². The number of fused-ring (bicyclic) bond motifs is 11. The highest BCUT2D eigenvalue weighted by Crippen LogP contribution is 2.28. The lowest BCUT2D eigenvalue weighted by Gasteiger charge is -2.28. The quantitative estimate of drug-likeness (QED) is 0.364. The van der Waals surface area contributed by atoms with Crippen LogP contribution in [0.3, 0.4) is 0 Å². The number of rotatable bonds is 3. The van der Waals surface area contributed by atoms with Gasteiger partial charge in [-0.15, -0.1) is 0 Å². The van der Waals surface area contributed by atoms with E-state index in [1.165, 1.54) is 25.1 Å². The third-order valence-electron chi connectivity index (χ3n) is 7.00. The molecule has 0 aromatic heterocycles. The van der Waals surface area contributed by atoms with Crippen molar-refractivity contribution in [1.29, 1.82) is 0 Å². The number of aromatic hydroxyl groups is 1. The Bertz CT molecular complexity index is 1240. The van der Waals surface area contributed by atoms with Gasteiger partial charge in [0.25, 0.3) is 5.91 Å². The number of carbonyl (C=O) groups excluding carboxylic acids is 4. The second kappa shape index (κ2) is 12.8. The number of hydrogen-bond donors (Lipinski definition) is 5. The second-order valence-electron chi connectivity index (χ2n) is 10.5. The summed E-state index contributed by atoms with van der Waals surface area (Å²) in [7, 11) is 0. The Labute approximate surface area is 233 Å². The zero-order chi connectivity index (χ0) is 28.8. The van der Waals surface area contributed by atoms with Crippen molar-refractivity contribution >= 4 is 23.6 Å². The van der Waals surface area contributed by atoms with Crippen molar-refractivity contribution in [2.45, 2.75) is 64.2 Å². The van der Waals surface area contributed by atoms with E-state index in [1.54, 1.807) is 38.1 Å². The SMILES string of the molecule is CC(C)[C@@H]1NC(=O)c2cc(ccc2O)Oc2ccc(cc2)C[C@H](C(=O)NC2CCOCC2)NC(=O)[C@H](C)NC1=O. The molecule has 5 N–H and O–H groups in total. The number of nitrogens with one attached hydrogen (secondary N) is 4. The molecule has 0 spiro atoms. The van der Waals surface area contributed by atoms with E-state index in [9.17, 15) is 24.3 Å². The average molecular weight is 553 g/mol. The minimum Gasteiger partial charge on any atom is -0.507 e. The summed E-state index contributed by atoms with van der Waals surface area (Å²) < 4.78 is 11.3. The molecule has 1 saturated heterocycles. The van der Waals surface area contributed by atoms with E-state index < -0.39 is 35.8 Å². The molecule has 0 unspecified atom stereocenters. The normalized spacial score (nSPS) is 22.8. The smallest absolute Gasteiger partial charge is 0.255 e. The maximum atomic E-state index is 13.3. The number of hydrogen-bond acceptors (Lipinski definition) is 7. The van der Waals surface area contributed by atoms with Crippen LogP contribution < -0.4 is 26.0 Å². The summed E-state index contributed by atoms with van der Waals surface area (Å²) in [6.07, 6.45) is 1.59. The van der Waals surface area contributed by atoms with Gasteiger partial charge in [-0.05, 0) is 61.6 Å². The zero-order valence-corrected chi connectivity index (χ0v) is 22.9. The lowest BCUT2D eigenvalue weighted by molar-refractivity contribution is -0.132. The molecule has 1 fully saturated rings. The first-order valence-corrected chi connectivity index (χ1v) is 13.5. The Morgan fingerprint density at radius 2 is 1.62 bits per heavy atom. The van der Waals surface area contributed by atoms with Gasteiger partial charge in [0.15, 0.2) is 0 Å². The first kappa shape index (κ1) is 28.9. The number of amides is 4. The van der Waals surface area contributed by atoms with Crippen molar-refractivity contribution in [3.63, 3.8) is 0 Å². The summed E-state index contributed by atoms with van der Waals surface area (Å²) in [5.74, 6) is -1.91. The van der Waals surface area contributed by atoms with Crippen LogP contribution >= 0.6 is 0 Å². The highest BCUT2D eigenvalue weighted by atomic mass is 16.5. The van der Waals surface area contributed by atoms with Gasteiger partial charge in [0, 0.05) is 25.7 Å². The molecule has 3 atom stereocenters. The van der Waals surface area contributed by atoms with Gasteiger partial charge >= 0.3 is 0 Å². The summed E-state index contributed by atoms with van der Waals surface area (Å²) >= 11 is 0. The van der Waals surface area contributed by atoms with Crippen LogP contribution in [0.2, 0.25) is 0 Å². The minimum absolute atomic E-state index is 0.0512. The van der Waals surface area contributed by atoms with Gasteiger partial charge in [0.2, 0.25) is 17.7 Å². The molecule has 3 aliphatic heterocycles. The fraction of sp³-hybridized carbons (Fsp3) is 0.448. The Morgan fingerprint density at radius 3 is 2.30 bits per heavy atom. The standard InChI is InChI=1S/C29H36N4O7/c1-16(2)25-29(38)30-17(3)26(35)32-23(28(37)31-19-10-12-39-13-11-19)14-18-4-6-20(7-5-18)40-21-8-9-24(34)22(15-21)27(36)33-25/h4-9,15-17,19,23,25,34H,10-14H2,1-3H3,(H,30,38)(H,31,37)(H,32,35)(H,33,36)/t17-,23+,25-/m0/s1. The van der Waals surface area contributed by atoms with Crippen molar-refractivity contribution in [2.75, 3.05) is 13.2 Å². The predicted octanol–water partition coefficient (Wildman–Crippen LogP) is 1.78. The Balaban J connectivity index is 1.64. The van der Waals surface area contributed by atoms with Crippen LogP contribution in [0.15, 0.2) is 42.5 Å². The molecule has 3 heterocycles. The van der Waals surface area contributed by atoms with Gasteiger partial charge in [-0.25, -0.2) is 0 Å².